The third-order valence-electron chi connectivity index (χ3n) is 3.37. The van der Waals surface area contributed by atoms with E-state index in [0.29, 0.717) is 0 Å². The molecular formula is C19H20BrNO3. The molecule has 0 fully saturated rings. The Labute approximate surface area is 150 Å². The van der Waals surface area contributed by atoms with Gasteiger partial charge < -0.3 is 9.84 Å². The predicted molar refractivity (Wildman–Crippen MR) is 98.9 cm³/mol. The van der Waals surface area contributed by atoms with Crippen LogP contribution in [0.2, 0.25) is 0 Å². The Morgan fingerprint density at radius 3 is 2.71 bits per heavy atom. The fourth-order valence-corrected chi connectivity index (χ4v) is 2.60. The van der Waals surface area contributed by atoms with E-state index in [1.807, 2.05) is 54.6 Å². The second kappa shape index (κ2) is 9.90. The van der Waals surface area contributed by atoms with Crippen LogP contribution >= 0.6 is 15.9 Å². The molecule has 0 bridgehead atoms. The van der Waals surface area contributed by atoms with E-state index in [0.717, 1.165) is 34.1 Å². The number of carbonyl (C=O) groups is 1. The van der Waals surface area contributed by atoms with Gasteiger partial charge in [-0.05, 0) is 42.2 Å². The van der Waals surface area contributed by atoms with Crippen molar-refractivity contribution in [1.29, 1.82) is 0 Å². The first-order chi connectivity index (χ1) is 11.7. The number of hydrogen-bond donors (Lipinski definition) is 2. The molecule has 1 amide bonds. The summed E-state index contributed by atoms with van der Waals surface area (Å²) in [4.78, 5) is 12.0. The van der Waals surface area contributed by atoms with E-state index in [9.17, 15) is 4.79 Å². The predicted octanol–water partition coefficient (Wildman–Crippen LogP) is 4.68. The molecular weight excluding hydrogens is 370 g/mol. The lowest BCUT2D eigenvalue weighted by Gasteiger charge is -2.12. The van der Waals surface area contributed by atoms with Crippen molar-refractivity contribution in [2.24, 2.45) is 0 Å². The molecule has 0 radical (unpaired) electrons. The van der Waals surface area contributed by atoms with Crippen LogP contribution in [0.25, 0.3) is 0 Å². The van der Waals surface area contributed by atoms with Crippen molar-refractivity contribution in [3.63, 3.8) is 0 Å². The van der Waals surface area contributed by atoms with Crippen LogP contribution in [0.5, 0.6) is 0 Å². The molecule has 2 N–H and O–H groups in total. The average Bonchev–Trinajstić information content (AvgIpc) is 2.60. The molecule has 0 spiro atoms. The van der Waals surface area contributed by atoms with Crippen molar-refractivity contribution in [3.05, 3.63) is 76.3 Å². The Hall–Kier alpha value is -2.11. The number of amides is 1. The summed E-state index contributed by atoms with van der Waals surface area (Å²) in [7, 11) is 0. The van der Waals surface area contributed by atoms with Gasteiger partial charge >= 0.3 is 6.09 Å². The zero-order valence-electron chi connectivity index (χ0n) is 13.2. The second-order valence-corrected chi connectivity index (χ2v) is 6.10. The summed E-state index contributed by atoms with van der Waals surface area (Å²) in [6, 6.07) is 15.2. The number of aliphatic hydroxyl groups is 1. The molecule has 2 rings (SSSR count). The Morgan fingerprint density at radius 1 is 1.17 bits per heavy atom. The largest absolute Gasteiger partial charge is 0.444 e. The van der Waals surface area contributed by atoms with Gasteiger partial charge in [0.25, 0.3) is 0 Å². The number of halogens is 1. The Kier molecular flexibility index (Phi) is 7.52. The van der Waals surface area contributed by atoms with Gasteiger partial charge in [0.1, 0.15) is 6.61 Å². The molecule has 0 atom stereocenters. The third kappa shape index (κ3) is 6.18. The lowest BCUT2D eigenvalue weighted by Crippen LogP contribution is -2.14. The molecule has 0 unspecified atom stereocenters. The number of hydrogen-bond acceptors (Lipinski definition) is 3. The van der Waals surface area contributed by atoms with E-state index in [2.05, 4.69) is 21.2 Å². The van der Waals surface area contributed by atoms with Crippen LogP contribution in [0, 0.1) is 0 Å². The lowest BCUT2D eigenvalue weighted by atomic mass is 10.1. The van der Waals surface area contributed by atoms with Crippen LogP contribution in [0.3, 0.4) is 0 Å². The van der Waals surface area contributed by atoms with Crippen LogP contribution in [-0.2, 0) is 17.8 Å². The van der Waals surface area contributed by atoms with Crippen LogP contribution in [0.15, 0.2) is 65.2 Å². The van der Waals surface area contributed by atoms with Crippen molar-refractivity contribution in [2.45, 2.75) is 19.4 Å². The molecule has 0 aromatic heterocycles. The summed E-state index contributed by atoms with van der Waals surface area (Å²) in [5.41, 5.74) is 2.68. The van der Waals surface area contributed by atoms with Crippen molar-refractivity contribution in [3.8, 4) is 0 Å². The number of carbonyl (C=O) groups excluding carboxylic acids is 1. The molecule has 0 heterocycles. The molecule has 4 nitrogen and oxygen atoms in total. The maximum absolute atomic E-state index is 12.0. The molecule has 2 aromatic carbocycles. The van der Waals surface area contributed by atoms with Gasteiger partial charge in [-0.15, -0.1) is 0 Å². The highest BCUT2D eigenvalue weighted by atomic mass is 79.9. The standard InChI is InChI=1S/C19H20BrNO3/c20-17-10-11-18(16(13-17)9-5-2-6-12-22)21-19(23)24-14-15-7-3-1-4-8-15/h1-4,6-8,10-11,13,22H,5,9,12,14H2,(H,21,23)/b6-2-. The van der Waals surface area contributed by atoms with Crippen LogP contribution < -0.4 is 5.32 Å². The zero-order valence-corrected chi connectivity index (χ0v) is 14.8. The number of aryl methyl sites for hydroxylation is 1. The number of ether oxygens (including phenoxy) is 1. The molecule has 0 saturated heterocycles. The fraction of sp³-hybridized carbons (Fsp3) is 0.211. The highest BCUT2D eigenvalue weighted by Crippen LogP contribution is 2.23. The highest BCUT2D eigenvalue weighted by Gasteiger charge is 2.08. The van der Waals surface area contributed by atoms with E-state index < -0.39 is 6.09 Å². The lowest BCUT2D eigenvalue weighted by molar-refractivity contribution is 0.155. The summed E-state index contributed by atoms with van der Waals surface area (Å²) < 4.78 is 6.20. The quantitative estimate of drug-likeness (QED) is 0.675. The maximum atomic E-state index is 12.0. The van der Waals surface area contributed by atoms with Gasteiger partial charge in [0.15, 0.2) is 0 Å². The first kappa shape index (κ1) is 18.2. The van der Waals surface area contributed by atoms with E-state index in [1.165, 1.54) is 0 Å². The van der Waals surface area contributed by atoms with Crippen molar-refractivity contribution >= 4 is 27.7 Å². The average molecular weight is 390 g/mol. The summed E-state index contributed by atoms with van der Waals surface area (Å²) in [5, 5.41) is 11.6. The topological polar surface area (TPSA) is 58.6 Å². The minimum Gasteiger partial charge on any atom is -0.444 e. The number of benzene rings is 2. The Balaban J connectivity index is 1.94. The minimum absolute atomic E-state index is 0.0371. The van der Waals surface area contributed by atoms with Crippen molar-refractivity contribution in [1.82, 2.24) is 0 Å². The monoisotopic (exact) mass is 389 g/mol. The molecule has 126 valence electrons. The molecule has 24 heavy (non-hydrogen) atoms. The van der Waals surface area contributed by atoms with E-state index in [4.69, 9.17) is 9.84 Å². The smallest absolute Gasteiger partial charge is 0.411 e. The normalized spacial score (nSPS) is 10.8. The maximum Gasteiger partial charge on any atom is 0.411 e. The number of allylic oxidation sites excluding steroid dienone is 1. The molecule has 5 heteroatoms. The molecule has 0 saturated carbocycles. The zero-order chi connectivity index (χ0) is 17.2. The summed E-state index contributed by atoms with van der Waals surface area (Å²) in [6.45, 7) is 0.271. The van der Waals surface area contributed by atoms with Crippen LogP contribution in [-0.4, -0.2) is 17.8 Å². The molecule has 0 aliphatic carbocycles. The minimum atomic E-state index is -0.478. The van der Waals surface area contributed by atoms with E-state index in [-0.39, 0.29) is 13.2 Å². The number of rotatable bonds is 7. The van der Waals surface area contributed by atoms with Crippen molar-refractivity contribution < 1.29 is 14.6 Å². The fourth-order valence-electron chi connectivity index (χ4n) is 2.19. The van der Waals surface area contributed by atoms with Crippen LogP contribution in [0.1, 0.15) is 17.5 Å². The van der Waals surface area contributed by atoms with E-state index in [1.54, 1.807) is 6.08 Å². The number of aliphatic hydroxyl groups excluding tert-OH is 1. The van der Waals surface area contributed by atoms with Gasteiger partial charge in [0.05, 0.1) is 6.61 Å². The third-order valence-corrected chi connectivity index (χ3v) is 3.86. The molecule has 0 aliphatic heterocycles. The molecule has 2 aromatic rings. The first-order valence-corrected chi connectivity index (χ1v) is 8.50. The Bertz CT molecular complexity index is 686. The number of nitrogens with one attached hydrogen (secondary N) is 1. The van der Waals surface area contributed by atoms with Gasteiger partial charge in [0.2, 0.25) is 0 Å². The van der Waals surface area contributed by atoms with Crippen LogP contribution in [0.4, 0.5) is 10.5 Å². The van der Waals surface area contributed by atoms with Gasteiger partial charge in [-0.25, -0.2) is 4.79 Å². The first-order valence-electron chi connectivity index (χ1n) is 7.71. The summed E-state index contributed by atoms with van der Waals surface area (Å²) in [5.74, 6) is 0. The summed E-state index contributed by atoms with van der Waals surface area (Å²) in [6.07, 6.45) is 4.68. The highest BCUT2D eigenvalue weighted by molar-refractivity contribution is 9.10. The van der Waals surface area contributed by atoms with Crippen molar-refractivity contribution in [2.75, 3.05) is 11.9 Å². The number of anilines is 1. The van der Waals surface area contributed by atoms with Gasteiger partial charge in [0, 0.05) is 10.2 Å². The Morgan fingerprint density at radius 2 is 1.96 bits per heavy atom. The van der Waals surface area contributed by atoms with Gasteiger partial charge in [-0.2, -0.15) is 0 Å². The summed E-state index contributed by atoms with van der Waals surface area (Å²) >= 11 is 3.44. The van der Waals surface area contributed by atoms with Gasteiger partial charge in [-0.1, -0.05) is 58.4 Å². The SMILES string of the molecule is O=C(Nc1ccc(Br)cc1CC/C=C\CO)OCc1ccccc1. The van der Waals surface area contributed by atoms with Gasteiger partial charge in [-0.3, -0.25) is 5.32 Å². The van der Waals surface area contributed by atoms with E-state index >= 15 is 0 Å². The second-order valence-electron chi connectivity index (χ2n) is 5.18. The molecule has 0 aliphatic rings.